The van der Waals surface area contributed by atoms with Crippen molar-refractivity contribution in [3.05, 3.63) is 0 Å². The van der Waals surface area contributed by atoms with Crippen molar-refractivity contribution in [1.82, 2.24) is 0 Å². The molecule has 0 aromatic heterocycles. The molecule has 0 aromatic carbocycles. The summed E-state index contributed by atoms with van der Waals surface area (Å²) >= 11 is 12.2. The molecule has 0 heterocycles. The first kappa shape index (κ1) is 13.6. The summed E-state index contributed by atoms with van der Waals surface area (Å²) in [5, 5.41) is 0.324. The number of unbranched alkanes of at least 4 members (excludes halogenated alkanes) is 2. The SMILES string of the molecule is CCCCCC(Cl)CCC(C)(C)Cl. The van der Waals surface area contributed by atoms with Crippen LogP contribution in [0.3, 0.4) is 0 Å². The number of rotatable bonds is 7. The first-order chi connectivity index (χ1) is 5.95. The van der Waals surface area contributed by atoms with Crippen molar-refractivity contribution in [3.8, 4) is 0 Å². The maximum atomic E-state index is 6.16. The van der Waals surface area contributed by atoms with Crippen molar-refractivity contribution in [1.29, 1.82) is 0 Å². The second-order valence-electron chi connectivity index (χ2n) is 4.35. The first-order valence-corrected chi connectivity index (χ1v) is 6.10. The summed E-state index contributed by atoms with van der Waals surface area (Å²) in [7, 11) is 0. The summed E-state index contributed by atoms with van der Waals surface area (Å²) in [6.45, 7) is 6.31. The van der Waals surface area contributed by atoms with E-state index >= 15 is 0 Å². The second kappa shape index (κ2) is 6.95. The standard InChI is InChI=1S/C11H22Cl2/c1-4-5-6-7-10(12)8-9-11(2,3)13/h10H,4-9H2,1-3H3. The van der Waals surface area contributed by atoms with Gasteiger partial charge in [-0.15, -0.1) is 23.2 Å². The van der Waals surface area contributed by atoms with Gasteiger partial charge in [-0.25, -0.2) is 0 Å². The van der Waals surface area contributed by atoms with E-state index in [2.05, 4.69) is 6.92 Å². The van der Waals surface area contributed by atoms with Crippen molar-refractivity contribution in [2.75, 3.05) is 0 Å². The van der Waals surface area contributed by atoms with Crippen molar-refractivity contribution >= 4 is 23.2 Å². The fourth-order valence-electron chi connectivity index (χ4n) is 1.26. The molecular formula is C11H22Cl2. The van der Waals surface area contributed by atoms with Gasteiger partial charge in [0.15, 0.2) is 0 Å². The van der Waals surface area contributed by atoms with Crippen LogP contribution in [-0.2, 0) is 0 Å². The number of hydrogen-bond donors (Lipinski definition) is 0. The van der Waals surface area contributed by atoms with Gasteiger partial charge in [0.05, 0.1) is 0 Å². The zero-order valence-corrected chi connectivity index (χ0v) is 10.6. The molecule has 0 aromatic rings. The molecule has 2 heteroatoms. The minimum atomic E-state index is -0.0854. The van der Waals surface area contributed by atoms with Gasteiger partial charge in [-0.1, -0.05) is 26.2 Å². The molecule has 0 radical (unpaired) electrons. The molecule has 0 N–H and O–H groups in total. The molecule has 0 fully saturated rings. The Hall–Kier alpha value is 0.580. The summed E-state index contributed by atoms with van der Waals surface area (Å²) in [4.78, 5) is -0.0854. The van der Waals surface area contributed by atoms with E-state index in [9.17, 15) is 0 Å². The lowest BCUT2D eigenvalue weighted by Crippen LogP contribution is -2.12. The predicted molar refractivity (Wildman–Crippen MR) is 62.9 cm³/mol. The Bertz CT molecular complexity index is 116. The third-order valence-corrected chi connectivity index (χ3v) is 2.80. The monoisotopic (exact) mass is 224 g/mol. The van der Waals surface area contributed by atoms with E-state index in [-0.39, 0.29) is 4.87 Å². The highest BCUT2D eigenvalue weighted by molar-refractivity contribution is 6.23. The van der Waals surface area contributed by atoms with Gasteiger partial charge in [0.1, 0.15) is 0 Å². The van der Waals surface area contributed by atoms with E-state index in [4.69, 9.17) is 23.2 Å². The van der Waals surface area contributed by atoms with Crippen molar-refractivity contribution < 1.29 is 0 Å². The van der Waals surface area contributed by atoms with Crippen LogP contribution in [-0.4, -0.2) is 10.3 Å². The molecule has 13 heavy (non-hydrogen) atoms. The number of alkyl halides is 2. The number of halogens is 2. The molecule has 0 amide bonds. The smallest absolute Gasteiger partial charge is 0.0391 e. The lowest BCUT2D eigenvalue weighted by molar-refractivity contribution is 0.541. The number of hydrogen-bond acceptors (Lipinski definition) is 0. The zero-order chi connectivity index (χ0) is 10.3. The predicted octanol–water partition coefficient (Wildman–Crippen LogP) is 4.97. The Morgan fingerprint density at radius 3 is 2.23 bits per heavy atom. The van der Waals surface area contributed by atoms with Crippen molar-refractivity contribution in [2.24, 2.45) is 0 Å². The summed E-state index contributed by atoms with van der Waals surface area (Å²) in [5.74, 6) is 0. The van der Waals surface area contributed by atoms with Crippen LogP contribution in [0.4, 0.5) is 0 Å². The molecule has 1 unspecified atom stereocenters. The lowest BCUT2D eigenvalue weighted by Gasteiger charge is -2.17. The minimum absolute atomic E-state index is 0.0854. The van der Waals surface area contributed by atoms with Gasteiger partial charge in [-0.3, -0.25) is 0 Å². The Morgan fingerprint density at radius 2 is 1.77 bits per heavy atom. The zero-order valence-electron chi connectivity index (χ0n) is 9.08. The van der Waals surface area contributed by atoms with Crippen LogP contribution in [0.2, 0.25) is 0 Å². The van der Waals surface area contributed by atoms with Gasteiger partial charge in [-0.2, -0.15) is 0 Å². The Balaban J connectivity index is 3.35. The Labute approximate surface area is 93.0 Å². The van der Waals surface area contributed by atoms with Crippen molar-refractivity contribution in [3.63, 3.8) is 0 Å². The fourth-order valence-corrected chi connectivity index (χ4v) is 1.63. The van der Waals surface area contributed by atoms with E-state index in [0.29, 0.717) is 5.38 Å². The van der Waals surface area contributed by atoms with Gasteiger partial charge < -0.3 is 0 Å². The van der Waals surface area contributed by atoms with Gasteiger partial charge in [0.2, 0.25) is 0 Å². The molecule has 0 saturated heterocycles. The first-order valence-electron chi connectivity index (χ1n) is 5.28. The van der Waals surface area contributed by atoms with Crippen LogP contribution in [0.5, 0.6) is 0 Å². The van der Waals surface area contributed by atoms with E-state index < -0.39 is 0 Å². The molecule has 0 aliphatic rings. The maximum absolute atomic E-state index is 6.16. The maximum Gasteiger partial charge on any atom is 0.0391 e. The highest BCUT2D eigenvalue weighted by Crippen LogP contribution is 2.24. The average Bonchev–Trinajstić information content (AvgIpc) is 2.00. The van der Waals surface area contributed by atoms with E-state index in [1.807, 2.05) is 13.8 Å². The van der Waals surface area contributed by atoms with Crippen LogP contribution in [0, 0.1) is 0 Å². The van der Waals surface area contributed by atoms with Crippen molar-refractivity contribution in [2.45, 2.75) is 69.5 Å². The Morgan fingerprint density at radius 1 is 1.15 bits per heavy atom. The van der Waals surface area contributed by atoms with Crippen LogP contribution >= 0.6 is 23.2 Å². The van der Waals surface area contributed by atoms with E-state index in [1.165, 1.54) is 19.3 Å². The molecule has 0 nitrogen and oxygen atoms in total. The van der Waals surface area contributed by atoms with Crippen LogP contribution in [0.25, 0.3) is 0 Å². The second-order valence-corrected chi connectivity index (χ2v) is 5.99. The Kier molecular flexibility index (Phi) is 7.26. The fraction of sp³-hybridized carbons (Fsp3) is 1.00. The van der Waals surface area contributed by atoms with Crippen LogP contribution in [0.15, 0.2) is 0 Å². The summed E-state index contributed by atoms with van der Waals surface area (Å²) in [6.07, 6.45) is 7.02. The van der Waals surface area contributed by atoms with Gasteiger partial charge >= 0.3 is 0 Å². The molecule has 0 aliphatic carbocycles. The highest BCUT2D eigenvalue weighted by atomic mass is 35.5. The topological polar surface area (TPSA) is 0 Å². The molecule has 80 valence electrons. The van der Waals surface area contributed by atoms with E-state index in [1.54, 1.807) is 0 Å². The summed E-state index contributed by atoms with van der Waals surface area (Å²) < 4.78 is 0. The highest BCUT2D eigenvalue weighted by Gasteiger charge is 2.15. The molecule has 0 bridgehead atoms. The molecule has 1 atom stereocenters. The van der Waals surface area contributed by atoms with Gasteiger partial charge in [-0.05, 0) is 33.1 Å². The van der Waals surface area contributed by atoms with Gasteiger partial charge in [0, 0.05) is 10.3 Å². The normalized spacial score (nSPS) is 14.5. The van der Waals surface area contributed by atoms with Crippen LogP contribution in [0.1, 0.15) is 59.3 Å². The minimum Gasteiger partial charge on any atom is -0.123 e. The molecule has 0 saturated carbocycles. The third kappa shape index (κ3) is 10.5. The molecular weight excluding hydrogens is 203 g/mol. The summed E-state index contributed by atoms with van der Waals surface area (Å²) in [5.41, 5.74) is 0. The third-order valence-electron chi connectivity index (χ3n) is 2.17. The van der Waals surface area contributed by atoms with Gasteiger partial charge in [0.25, 0.3) is 0 Å². The lowest BCUT2D eigenvalue weighted by atomic mass is 10.0. The average molecular weight is 225 g/mol. The van der Waals surface area contributed by atoms with Crippen LogP contribution < -0.4 is 0 Å². The quantitative estimate of drug-likeness (QED) is 0.423. The molecule has 0 rings (SSSR count). The molecule has 0 spiro atoms. The van der Waals surface area contributed by atoms with E-state index in [0.717, 1.165) is 19.3 Å². The molecule has 0 aliphatic heterocycles. The summed E-state index contributed by atoms with van der Waals surface area (Å²) in [6, 6.07) is 0. The largest absolute Gasteiger partial charge is 0.123 e.